The van der Waals surface area contributed by atoms with E-state index < -0.39 is 18.0 Å². The molecule has 138 valence electrons. The molecule has 0 atom stereocenters. The Balaban J connectivity index is 2.15. The molecule has 0 aromatic heterocycles. The molecule has 0 saturated carbocycles. The maximum absolute atomic E-state index is 12.3. The Hall–Kier alpha value is -3.23. The van der Waals surface area contributed by atoms with Crippen molar-refractivity contribution in [2.45, 2.75) is 6.18 Å². The third kappa shape index (κ3) is 4.65. The Bertz CT molecular complexity index is 822. The first-order chi connectivity index (χ1) is 12.2. The van der Waals surface area contributed by atoms with Gasteiger partial charge in [-0.2, -0.15) is 13.2 Å². The van der Waals surface area contributed by atoms with E-state index in [-0.39, 0.29) is 16.9 Å². The van der Waals surface area contributed by atoms with Crippen LogP contribution in [0.2, 0.25) is 0 Å². The molecule has 0 aliphatic heterocycles. The van der Waals surface area contributed by atoms with Gasteiger partial charge in [0.2, 0.25) is 0 Å². The largest absolute Gasteiger partial charge is 0.493 e. The highest BCUT2D eigenvalue weighted by Crippen LogP contribution is 2.28. The zero-order valence-electron chi connectivity index (χ0n) is 13.8. The van der Waals surface area contributed by atoms with Crippen molar-refractivity contribution in [1.29, 1.82) is 0 Å². The van der Waals surface area contributed by atoms with Crippen LogP contribution in [0.25, 0.3) is 0 Å². The smallest absolute Gasteiger partial charge is 0.471 e. The number of carbonyl (C=O) groups is 2. The number of amides is 2. The molecular formula is C17H15F3N2O4. The van der Waals surface area contributed by atoms with Gasteiger partial charge in [-0.25, -0.2) is 0 Å². The van der Waals surface area contributed by atoms with Crippen LogP contribution in [0.4, 0.5) is 24.5 Å². The summed E-state index contributed by atoms with van der Waals surface area (Å²) in [5.41, 5.74) is 0.370. The fourth-order valence-electron chi connectivity index (χ4n) is 2.06. The average Bonchev–Trinajstić information content (AvgIpc) is 2.60. The van der Waals surface area contributed by atoms with Crippen LogP contribution in [0.1, 0.15) is 10.4 Å². The van der Waals surface area contributed by atoms with Crippen LogP contribution in [0.3, 0.4) is 0 Å². The zero-order chi connectivity index (χ0) is 19.3. The molecule has 0 spiro atoms. The van der Waals surface area contributed by atoms with Crippen molar-refractivity contribution in [3.63, 3.8) is 0 Å². The normalized spacial score (nSPS) is 10.8. The van der Waals surface area contributed by atoms with Crippen LogP contribution >= 0.6 is 0 Å². The van der Waals surface area contributed by atoms with Gasteiger partial charge in [-0.3, -0.25) is 9.59 Å². The summed E-state index contributed by atoms with van der Waals surface area (Å²) >= 11 is 0. The molecule has 2 rings (SSSR count). The standard InChI is InChI=1S/C17H15F3N2O4/c1-25-13-7-6-10(8-14(13)26-2)15(23)21-11-4-3-5-12(9-11)22-16(24)17(18,19)20/h3-9H,1-2H3,(H,21,23)(H,22,24). The van der Waals surface area contributed by atoms with E-state index in [2.05, 4.69) is 5.32 Å². The number of carbonyl (C=O) groups excluding carboxylic acids is 2. The highest BCUT2D eigenvalue weighted by molar-refractivity contribution is 6.05. The Kier molecular flexibility index (Phi) is 5.71. The first-order valence-corrected chi connectivity index (χ1v) is 7.26. The van der Waals surface area contributed by atoms with Gasteiger partial charge in [-0.05, 0) is 36.4 Å². The van der Waals surface area contributed by atoms with Gasteiger partial charge >= 0.3 is 12.1 Å². The molecule has 0 radical (unpaired) electrons. The highest BCUT2D eigenvalue weighted by Gasteiger charge is 2.38. The Morgan fingerprint density at radius 3 is 2.08 bits per heavy atom. The number of ether oxygens (including phenoxy) is 2. The Morgan fingerprint density at radius 1 is 0.885 bits per heavy atom. The lowest BCUT2D eigenvalue weighted by Crippen LogP contribution is -2.29. The van der Waals surface area contributed by atoms with Gasteiger partial charge in [-0.15, -0.1) is 0 Å². The van der Waals surface area contributed by atoms with E-state index in [0.29, 0.717) is 11.5 Å². The van der Waals surface area contributed by atoms with Crippen molar-refractivity contribution < 1.29 is 32.2 Å². The Morgan fingerprint density at radius 2 is 1.50 bits per heavy atom. The molecule has 0 unspecified atom stereocenters. The third-order valence-electron chi connectivity index (χ3n) is 3.28. The van der Waals surface area contributed by atoms with Crippen LogP contribution in [0, 0.1) is 0 Å². The van der Waals surface area contributed by atoms with Gasteiger partial charge < -0.3 is 20.1 Å². The topological polar surface area (TPSA) is 76.7 Å². The molecule has 0 aliphatic rings. The molecule has 6 nitrogen and oxygen atoms in total. The predicted octanol–water partition coefficient (Wildman–Crippen LogP) is 3.46. The minimum Gasteiger partial charge on any atom is -0.493 e. The van der Waals surface area contributed by atoms with E-state index in [1.165, 1.54) is 50.6 Å². The fraction of sp³-hybridized carbons (Fsp3) is 0.176. The second kappa shape index (κ2) is 7.77. The molecular weight excluding hydrogens is 353 g/mol. The molecule has 9 heteroatoms. The van der Waals surface area contributed by atoms with Crippen molar-refractivity contribution in [1.82, 2.24) is 0 Å². The quantitative estimate of drug-likeness (QED) is 0.848. The van der Waals surface area contributed by atoms with Gasteiger partial charge in [0.15, 0.2) is 11.5 Å². The summed E-state index contributed by atoms with van der Waals surface area (Å²) in [4.78, 5) is 23.3. The van der Waals surface area contributed by atoms with Crippen molar-refractivity contribution >= 4 is 23.2 Å². The molecule has 2 amide bonds. The average molecular weight is 368 g/mol. The second-order valence-electron chi connectivity index (χ2n) is 5.06. The zero-order valence-corrected chi connectivity index (χ0v) is 13.8. The number of benzene rings is 2. The van der Waals surface area contributed by atoms with Crippen LogP contribution in [-0.2, 0) is 4.79 Å². The summed E-state index contributed by atoms with van der Waals surface area (Å²) in [5, 5.41) is 4.25. The van der Waals surface area contributed by atoms with Gasteiger partial charge in [0.05, 0.1) is 14.2 Å². The maximum atomic E-state index is 12.3. The van der Waals surface area contributed by atoms with Gasteiger partial charge in [0.25, 0.3) is 5.91 Å². The number of rotatable bonds is 5. The summed E-state index contributed by atoms with van der Waals surface area (Å²) in [6.45, 7) is 0. The van der Waals surface area contributed by atoms with Crippen LogP contribution in [0.5, 0.6) is 11.5 Å². The van der Waals surface area contributed by atoms with E-state index in [1.54, 1.807) is 11.4 Å². The number of nitrogens with one attached hydrogen (secondary N) is 2. The van der Waals surface area contributed by atoms with Gasteiger partial charge in [0, 0.05) is 16.9 Å². The van der Waals surface area contributed by atoms with Crippen LogP contribution in [-0.4, -0.2) is 32.2 Å². The Labute approximate surface area is 146 Å². The van der Waals surface area contributed by atoms with E-state index >= 15 is 0 Å². The van der Waals surface area contributed by atoms with Crippen molar-refractivity contribution in [3.05, 3.63) is 48.0 Å². The van der Waals surface area contributed by atoms with Crippen molar-refractivity contribution in [2.24, 2.45) is 0 Å². The minimum absolute atomic E-state index is 0.0996. The van der Waals surface area contributed by atoms with Crippen LogP contribution in [0.15, 0.2) is 42.5 Å². The predicted molar refractivity (Wildman–Crippen MR) is 88.6 cm³/mol. The number of hydrogen-bond acceptors (Lipinski definition) is 4. The fourth-order valence-corrected chi connectivity index (χ4v) is 2.06. The number of halogens is 3. The summed E-state index contributed by atoms with van der Waals surface area (Å²) < 4.78 is 47.1. The number of methoxy groups -OCH3 is 2. The number of alkyl halides is 3. The third-order valence-corrected chi connectivity index (χ3v) is 3.28. The first-order valence-electron chi connectivity index (χ1n) is 7.26. The molecule has 0 aliphatic carbocycles. The number of anilines is 2. The van der Waals surface area contributed by atoms with Crippen LogP contribution < -0.4 is 20.1 Å². The summed E-state index contributed by atoms with van der Waals surface area (Å²) in [7, 11) is 2.88. The van der Waals surface area contributed by atoms with E-state index in [4.69, 9.17) is 9.47 Å². The lowest BCUT2D eigenvalue weighted by atomic mass is 10.1. The monoisotopic (exact) mass is 368 g/mol. The molecule has 2 N–H and O–H groups in total. The molecule has 0 heterocycles. The highest BCUT2D eigenvalue weighted by atomic mass is 19.4. The summed E-state index contributed by atoms with van der Waals surface area (Å²) in [5.74, 6) is -1.81. The van der Waals surface area contributed by atoms with Crippen molar-refractivity contribution in [2.75, 3.05) is 24.9 Å². The lowest BCUT2D eigenvalue weighted by molar-refractivity contribution is -0.167. The summed E-state index contributed by atoms with van der Waals surface area (Å²) in [6, 6.07) is 9.87. The minimum atomic E-state index is -5.00. The van der Waals surface area contributed by atoms with E-state index in [1.807, 2.05) is 0 Å². The molecule has 0 bridgehead atoms. The molecule has 26 heavy (non-hydrogen) atoms. The number of hydrogen-bond donors (Lipinski definition) is 2. The molecule has 2 aromatic carbocycles. The SMILES string of the molecule is COc1ccc(C(=O)Nc2cccc(NC(=O)C(F)(F)F)c2)cc1OC. The molecule has 2 aromatic rings. The second-order valence-corrected chi connectivity index (χ2v) is 5.06. The molecule has 0 saturated heterocycles. The van der Waals surface area contributed by atoms with E-state index in [9.17, 15) is 22.8 Å². The van der Waals surface area contributed by atoms with Crippen molar-refractivity contribution in [3.8, 4) is 11.5 Å². The summed E-state index contributed by atoms with van der Waals surface area (Å²) in [6.07, 6.45) is -5.00. The van der Waals surface area contributed by atoms with E-state index in [0.717, 1.165) is 0 Å². The lowest BCUT2D eigenvalue weighted by Gasteiger charge is -2.11. The van der Waals surface area contributed by atoms with Gasteiger partial charge in [-0.1, -0.05) is 6.07 Å². The molecule has 0 fully saturated rings. The first kappa shape index (κ1) is 19.1. The maximum Gasteiger partial charge on any atom is 0.471 e. The van der Waals surface area contributed by atoms with Gasteiger partial charge in [0.1, 0.15) is 0 Å².